The summed E-state index contributed by atoms with van der Waals surface area (Å²) in [4.78, 5) is 27.7. The maximum atomic E-state index is 12.5. The number of hydrogen-bond donors (Lipinski definition) is 0. The fraction of sp³-hybridized carbons (Fsp3) is 0.500. The number of hydrogen-bond acceptors (Lipinski definition) is 6. The van der Waals surface area contributed by atoms with Crippen LogP contribution in [0.5, 0.6) is 0 Å². The van der Waals surface area contributed by atoms with Crippen LogP contribution >= 0.6 is 11.8 Å². The molecule has 1 aromatic heterocycles. The van der Waals surface area contributed by atoms with E-state index in [1.807, 2.05) is 46.7 Å². The second-order valence-corrected chi connectivity index (χ2v) is 7.78. The topological polar surface area (TPSA) is 80.6 Å². The standard InChI is InChI=1S/C20H27N5O3S/c1-3-28-20(27)24-13-11-23(12-14-24)18(26)10-7-15-29-19-22-21-16(2)25(19)17-8-5-4-6-9-17/h4-6,8-9H,3,7,10-15H2,1-2H3. The van der Waals surface area contributed by atoms with Crippen LogP contribution in [0.2, 0.25) is 0 Å². The Morgan fingerprint density at radius 3 is 2.45 bits per heavy atom. The molecule has 1 saturated heterocycles. The third-order valence-corrected chi connectivity index (χ3v) is 5.75. The molecular weight excluding hydrogens is 390 g/mol. The van der Waals surface area contributed by atoms with Gasteiger partial charge in [0.1, 0.15) is 5.82 Å². The summed E-state index contributed by atoms with van der Waals surface area (Å²) in [5.74, 6) is 1.77. The highest BCUT2D eigenvalue weighted by Gasteiger charge is 2.24. The predicted molar refractivity (Wildman–Crippen MR) is 111 cm³/mol. The van der Waals surface area contributed by atoms with Crippen molar-refractivity contribution >= 4 is 23.8 Å². The molecule has 0 bridgehead atoms. The van der Waals surface area contributed by atoms with Crippen LogP contribution in [0.3, 0.4) is 0 Å². The summed E-state index contributed by atoms with van der Waals surface area (Å²) in [5, 5.41) is 9.30. The Morgan fingerprint density at radius 2 is 1.76 bits per heavy atom. The molecule has 1 aromatic carbocycles. The van der Waals surface area contributed by atoms with Crippen LogP contribution in [0.1, 0.15) is 25.6 Å². The zero-order chi connectivity index (χ0) is 20.6. The van der Waals surface area contributed by atoms with E-state index in [-0.39, 0.29) is 12.0 Å². The number of aromatic nitrogens is 3. The minimum Gasteiger partial charge on any atom is -0.450 e. The number of carbonyl (C=O) groups excluding carboxylic acids is 2. The van der Waals surface area contributed by atoms with E-state index in [4.69, 9.17) is 4.74 Å². The third-order valence-electron chi connectivity index (χ3n) is 4.73. The molecule has 156 valence electrons. The Labute approximate surface area is 175 Å². The van der Waals surface area contributed by atoms with Gasteiger partial charge in [-0.3, -0.25) is 9.36 Å². The van der Waals surface area contributed by atoms with Crippen LogP contribution in [0.25, 0.3) is 5.69 Å². The fourth-order valence-corrected chi connectivity index (χ4v) is 4.15. The van der Waals surface area contributed by atoms with E-state index in [1.165, 1.54) is 0 Å². The number of nitrogens with zero attached hydrogens (tertiary/aromatic N) is 5. The largest absolute Gasteiger partial charge is 0.450 e. The molecule has 0 unspecified atom stereocenters. The molecule has 1 fully saturated rings. The van der Waals surface area contributed by atoms with Crippen molar-refractivity contribution in [3.63, 3.8) is 0 Å². The number of ether oxygens (including phenoxy) is 1. The highest BCUT2D eigenvalue weighted by Crippen LogP contribution is 2.22. The summed E-state index contributed by atoms with van der Waals surface area (Å²) in [6.45, 7) is 6.27. The van der Waals surface area contributed by atoms with Gasteiger partial charge in [0.25, 0.3) is 0 Å². The number of aryl methyl sites for hydroxylation is 1. The summed E-state index contributed by atoms with van der Waals surface area (Å²) >= 11 is 1.61. The SMILES string of the molecule is CCOC(=O)N1CCN(C(=O)CCCSc2nnc(C)n2-c2ccccc2)CC1. The van der Waals surface area contributed by atoms with Gasteiger partial charge in [-0.1, -0.05) is 30.0 Å². The number of carbonyl (C=O) groups is 2. The van der Waals surface area contributed by atoms with Gasteiger partial charge in [0, 0.05) is 44.0 Å². The quantitative estimate of drug-likeness (QED) is 0.509. The van der Waals surface area contributed by atoms with Crippen molar-refractivity contribution in [2.75, 3.05) is 38.5 Å². The first-order chi connectivity index (χ1) is 14.1. The lowest BCUT2D eigenvalue weighted by Crippen LogP contribution is -2.50. The lowest BCUT2D eigenvalue weighted by molar-refractivity contribution is -0.132. The van der Waals surface area contributed by atoms with Crippen molar-refractivity contribution in [2.24, 2.45) is 0 Å². The number of para-hydroxylation sites is 1. The molecule has 9 heteroatoms. The van der Waals surface area contributed by atoms with E-state index in [0.29, 0.717) is 39.2 Å². The molecule has 8 nitrogen and oxygen atoms in total. The van der Waals surface area contributed by atoms with Gasteiger partial charge in [-0.15, -0.1) is 10.2 Å². The molecule has 2 amide bonds. The van der Waals surface area contributed by atoms with Gasteiger partial charge in [-0.25, -0.2) is 4.79 Å². The Morgan fingerprint density at radius 1 is 1.07 bits per heavy atom. The normalized spacial score (nSPS) is 14.1. The van der Waals surface area contributed by atoms with E-state index in [1.54, 1.807) is 23.6 Å². The Bertz CT molecular complexity index is 819. The smallest absolute Gasteiger partial charge is 0.409 e. The van der Waals surface area contributed by atoms with E-state index < -0.39 is 0 Å². The molecule has 2 heterocycles. The fourth-order valence-electron chi connectivity index (χ4n) is 3.21. The van der Waals surface area contributed by atoms with Gasteiger partial charge in [-0.2, -0.15) is 0 Å². The highest BCUT2D eigenvalue weighted by atomic mass is 32.2. The van der Waals surface area contributed by atoms with Gasteiger partial charge < -0.3 is 14.5 Å². The molecular formula is C20H27N5O3S. The lowest BCUT2D eigenvalue weighted by atomic mass is 10.2. The monoisotopic (exact) mass is 417 g/mol. The number of thioether (sulfide) groups is 1. The molecule has 1 aliphatic heterocycles. The summed E-state index contributed by atoms with van der Waals surface area (Å²) in [6.07, 6.45) is 0.960. The van der Waals surface area contributed by atoms with E-state index in [0.717, 1.165) is 28.8 Å². The Hall–Kier alpha value is -2.55. The van der Waals surface area contributed by atoms with Gasteiger partial charge in [0.05, 0.1) is 6.61 Å². The van der Waals surface area contributed by atoms with Gasteiger partial charge >= 0.3 is 6.09 Å². The van der Waals surface area contributed by atoms with Crippen molar-refractivity contribution in [1.29, 1.82) is 0 Å². The summed E-state index contributed by atoms with van der Waals surface area (Å²) in [5.41, 5.74) is 1.04. The predicted octanol–water partition coefficient (Wildman–Crippen LogP) is 2.75. The minimum atomic E-state index is -0.297. The molecule has 2 aromatic rings. The highest BCUT2D eigenvalue weighted by molar-refractivity contribution is 7.99. The number of amides is 2. The van der Waals surface area contributed by atoms with Crippen molar-refractivity contribution < 1.29 is 14.3 Å². The molecule has 0 saturated carbocycles. The average molecular weight is 418 g/mol. The van der Waals surface area contributed by atoms with Crippen LogP contribution in [0, 0.1) is 6.92 Å². The average Bonchev–Trinajstić information content (AvgIpc) is 3.12. The second-order valence-electron chi connectivity index (χ2n) is 6.72. The third kappa shape index (κ3) is 5.50. The maximum absolute atomic E-state index is 12.5. The van der Waals surface area contributed by atoms with Crippen molar-refractivity contribution in [2.45, 2.75) is 31.8 Å². The molecule has 0 atom stereocenters. The van der Waals surface area contributed by atoms with Crippen LogP contribution in [-0.2, 0) is 9.53 Å². The molecule has 0 N–H and O–H groups in total. The van der Waals surface area contributed by atoms with E-state index in [2.05, 4.69) is 10.2 Å². The summed E-state index contributed by atoms with van der Waals surface area (Å²) < 4.78 is 7.04. The lowest BCUT2D eigenvalue weighted by Gasteiger charge is -2.34. The van der Waals surface area contributed by atoms with Crippen LogP contribution in [-0.4, -0.2) is 75.1 Å². The summed E-state index contributed by atoms with van der Waals surface area (Å²) in [7, 11) is 0. The van der Waals surface area contributed by atoms with Crippen molar-refractivity contribution in [3.8, 4) is 5.69 Å². The first-order valence-electron chi connectivity index (χ1n) is 9.90. The van der Waals surface area contributed by atoms with Gasteiger partial charge in [0.15, 0.2) is 5.16 Å². The molecule has 0 spiro atoms. The Kier molecular flexibility index (Phi) is 7.51. The zero-order valence-corrected chi connectivity index (χ0v) is 17.7. The minimum absolute atomic E-state index is 0.134. The van der Waals surface area contributed by atoms with Crippen LogP contribution in [0.4, 0.5) is 4.79 Å². The van der Waals surface area contributed by atoms with E-state index in [9.17, 15) is 9.59 Å². The van der Waals surface area contributed by atoms with Crippen LogP contribution in [0.15, 0.2) is 35.5 Å². The molecule has 3 rings (SSSR count). The van der Waals surface area contributed by atoms with Crippen LogP contribution < -0.4 is 0 Å². The number of benzene rings is 1. The Balaban J connectivity index is 1.43. The first-order valence-corrected chi connectivity index (χ1v) is 10.9. The number of piperazine rings is 1. The second kappa shape index (κ2) is 10.3. The number of rotatable bonds is 7. The molecule has 29 heavy (non-hydrogen) atoms. The van der Waals surface area contributed by atoms with Crippen molar-refractivity contribution in [3.05, 3.63) is 36.2 Å². The zero-order valence-electron chi connectivity index (χ0n) is 16.9. The summed E-state index contributed by atoms with van der Waals surface area (Å²) in [6, 6.07) is 10.0. The van der Waals surface area contributed by atoms with E-state index >= 15 is 0 Å². The molecule has 0 aliphatic carbocycles. The first kappa shape index (κ1) is 21.2. The van der Waals surface area contributed by atoms with Gasteiger partial charge in [-0.05, 0) is 32.4 Å². The maximum Gasteiger partial charge on any atom is 0.409 e. The van der Waals surface area contributed by atoms with Gasteiger partial charge in [0.2, 0.25) is 5.91 Å². The molecule has 1 aliphatic rings. The molecule has 0 radical (unpaired) electrons. The van der Waals surface area contributed by atoms with Crippen molar-refractivity contribution in [1.82, 2.24) is 24.6 Å².